The van der Waals surface area contributed by atoms with Gasteiger partial charge in [0.25, 0.3) is 0 Å². The summed E-state index contributed by atoms with van der Waals surface area (Å²) in [7, 11) is 0. The number of hydrogen-bond donors (Lipinski definition) is 2. The zero-order valence-electron chi connectivity index (χ0n) is 10.3. The Bertz CT molecular complexity index is 317. The third-order valence-electron chi connectivity index (χ3n) is 2.19. The third kappa shape index (κ3) is 7.71. The molecule has 1 aromatic heterocycles. The Balaban J connectivity index is 0.00000256. The van der Waals surface area contributed by atoms with Crippen LogP contribution in [0.2, 0.25) is 0 Å². The van der Waals surface area contributed by atoms with Crippen molar-refractivity contribution in [1.29, 1.82) is 0 Å². The lowest BCUT2D eigenvalue weighted by atomic mass is 10.1. The molecular weight excluding hydrogens is 238 g/mol. The van der Waals surface area contributed by atoms with Gasteiger partial charge in [0, 0.05) is 25.4 Å². The van der Waals surface area contributed by atoms with Crippen molar-refractivity contribution in [1.82, 2.24) is 15.8 Å². The summed E-state index contributed by atoms with van der Waals surface area (Å²) in [5.74, 6) is 0.599. The zero-order chi connectivity index (χ0) is 11.8. The molecule has 0 fully saturated rings. The van der Waals surface area contributed by atoms with Crippen LogP contribution in [0.3, 0.4) is 0 Å². The molecule has 4 nitrogen and oxygen atoms in total. The van der Waals surface area contributed by atoms with Gasteiger partial charge in [0.05, 0.1) is 0 Å². The average Bonchev–Trinajstić information content (AvgIpc) is 2.28. The van der Waals surface area contributed by atoms with Crippen molar-refractivity contribution in [3.63, 3.8) is 0 Å². The zero-order valence-corrected chi connectivity index (χ0v) is 11.1. The number of hydrogen-bond acceptors (Lipinski definition) is 3. The normalized spacial score (nSPS) is 9.82. The highest BCUT2D eigenvalue weighted by Crippen LogP contribution is 2.02. The van der Waals surface area contributed by atoms with Gasteiger partial charge in [-0.05, 0) is 24.0 Å². The van der Waals surface area contributed by atoms with Crippen molar-refractivity contribution in [3.8, 4) is 0 Å². The number of nitrogens with zero attached hydrogens (tertiary/aromatic N) is 1. The maximum Gasteiger partial charge on any atom is 0.234 e. The van der Waals surface area contributed by atoms with Crippen LogP contribution in [0.15, 0.2) is 24.5 Å². The summed E-state index contributed by atoms with van der Waals surface area (Å²) < 4.78 is 0. The number of nitrogens with one attached hydrogen (secondary N) is 2. The van der Waals surface area contributed by atoms with E-state index in [9.17, 15) is 4.79 Å². The molecule has 0 aliphatic rings. The first kappa shape index (κ1) is 15.9. The van der Waals surface area contributed by atoms with Gasteiger partial charge in [-0.15, -0.1) is 12.4 Å². The van der Waals surface area contributed by atoms with E-state index in [4.69, 9.17) is 0 Å². The number of aromatic nitrogens is 1. The van der Waals surface area contributed by atoms with E-state index in [1.807, 2.05) is 12.1 Å². The van der Waals surface area contributed by atoms with Crippen molar-refractivity contribution >= 4 is 18.3 Å². The highest BCUT2D eigenvalue weighted by molar-refractivity contribution is 5.85. The largest absolute Gasteiger partial charge is 0.291 e. The van der Waals surface area contributed by atoms with Crippen molar-refractivity contribution in [2.45, 2.75) is 33.2 Å². The summed E-state index contributed by atoms with van der Waals surface area (Å²) in [5, 5.41) is 0. The third-order valence-corrected chi connectivity index (χ3v) is 2.19. The molecule has 5 heteroatoms. The fourth-order valence-corrected chi connectivity index (χ4v) is 1.23. The van der Waals surface area contributed by atoms with Crippen molar-refractivity contribution in [2.75, 3.05) is 0 Å². The molecular formula is C12H20ClN3O. The van der Waals surface area contributed by atoms with Crippen LogP contribution in [0.5, 0.6) is 0 Å². The van der Waals surface area contributed by atoms with Gasteiger partial charge in [-0.25, -0.2) is 5.43 Å². The SMILES string of the molecule is CC(C)CCC(=O)NNCc1cccnc1.Cl. The second-order valence-corrected chi connectivity index (χ2v) is 4.20. The molecule has 0 saturated heterocycles. The molecule has 17 heavy (non-hydrogen) atoms. The van der Waals surface area contributed by atoms with Crippen LogP contribution in [-0.4, -0.2) is 10.9 Å². The van der Waals surface area contributed by atoms with Gasteiger partial charge >= 0.3 is 0 Å². The molecule has 0 bridgehead atoms. The molecule has 1 rings (SSSR count). The number of carbonyl (C=O) groups is 1. The van der Waals surface area contributed by atoms with E-state index in [2.05, 4.69) is 29.7 Å². The predicted molar refractivity (Wildman–Crippen MR) is 70.5 cm³/mol. The first-order valence-electron chi connectivity index (χ1n) is 5.59. The van der Waals surface area contributed by atoms with Crippen molar-refractivity contribution in [2.24, 2.45) is 5.92 Å². The molecule has 96 valence electrons. The number of rotatable bonds is 6. The number of carbonyl (C=O) groups excluding carboxylic acids is 1. The molecule has 1 amide bonds. The second-order valence-electron chi connectivity index (χ2n) is 4.20. The molecule has 0 radical (unpaired) electrons. The van der Waals surface area contributed by atoms with E-state index in [1.165, 1.54) is 0 Å². The molecule has 0 spiro atoms. The number of pyridine rings is 1. The lowest BCUT2D eigenvalue weighted by Gasteiger charge is -2.08. The van der Waals surface area contributed by atoms with E-state index < -0.39 is 0 Å². The fraction of sp³-hybridized carbons (Fsp3) is 0.500. The standard InChI is InChI=1S/C12H19N3O.ClH/c1-10(2)5-6-12(16)15-14-9-11-4-3-7-13-8-11;/h3-4,7-8,10,14H,5-6,9H2,1-2H3,(H,15,16);1H. The summed E-state index contributed by atoms with van der Waals surface area (Å²) in [5.41, 5.74) is 6.60. The Hall–Kier alpha value is -1.13. The molecule has 0 aliphatic carbocycles. The molecule has 1 heterocycles. The maximum absolute atomic E-state index is 11.3. The van der Waals surface area contributed by atoms with Crippen LogP contribution < -0.4 is 10.9 Å². The molecule has 0 aliphatic heterocycles. The van der Waals surface area contributed by atoms with E-state index in [1.54, 1.807) is 12.4 Å². The van der Waals surface area contributed by atoms with E-state index in [-0.39, 0.29) is 18.3 Å². The predicted octanol–water partition coefficient (Wildman–Crippen LogP) is 2.06. The van der Waals surface area contributed by atoms with Gasteiger partial charge < -0.3 is 0 Å². The van der Waals surface area contributed by atoms with E-state index in [0.717, 1.165) is 12.0 Å². The van der Waals surface area contributed by atoms with E-state index >= 15 is 0 Å². The summed E-state index contributed by atoms with van der Waals surface area (Å²) in [6.07, 6.45) is 4.98. The first-order valence-corrected chi connectivity index (χ1v) is 5.59. The van der Waals surface area contributed by atoms with Gasteiger partial charge in [-0.2, -0.15) is 0 Å². The first-order chi connectivity index (χ1) is 7.68. The van der Waals surface area contributed by atoms with Gasteiger partial charge in [-0.3, -0.25) is 15.2 Å². The highest BCUT2D eigenvalue weighted by Gasteiger charge is 2.02. The van der Waals surface area contributed by atoms with Gasteiger partial charge in [-0.1, -0.05) is 19.9 Å². The summed E-state index contributed by atoms with van der Waals surface area (Å²) in [6, 6.07) is 3.83. The molecule has 1 aromatic rings. The summed E-state index contributed by atoms with van der Waals surface area (Å²) >= 11 is 0. The van der Waals surface area contributed by atoms with Crippen molar-refractivity contribution < 1.29 is 4.79 Å². The maximum atomic E-state index is 11.3. The second kappa shape index (κ2) is 8.96. The summed E-state index contributed by atoms with van der Waals surface area (Å²) in [6.45, 7) is 4.81. The molecule has 0 saturated carbocycles. The lowest BCUT2D eigenvalue weighted by Crippen LogP contribution is -2.36. The Morgan fingerprint density at radius 2 is 2.24 bits per heavy atom. The van der Waals surface area contributed by atoms with Gasteiger partial charge in [0.15, 0.2) is 0 Å². The van der Waals surface area contributed by atoms with Crippen LogP contribution in [0.1, 0.15) is 32.3 Å². The molecule has 2 N–H and O–H groups in total. The quantitative estimate of drug-likeness (QED) is 0.767. The highest BCUT2D eigenvalue weighted by atomic mass is 35.5. The number of hydrazine groups is 1. The Labute approximate surface area is 109 Å². The smallest absolute Gasteiger partial charge is 0.234 e. The van der Waals surface area contributed by atoms with Gasteiger partial charge in [0.1, 0.15) is 0 Å². The minimum absolute atomic E-state index is 0. The average molecular weight is 258 g/mol. The number of halogens is 1. The van der Waals surface area contributed by atoms with Crippen LogP contribution >= 0.6 is 12.4 Å². The monoisotopic (exact) mass is 257 g/mol. The van der Waals surface area contributed by atoms with Crippen LogP contribution in [0.25, 0.3) is 0 Å². The topological polar surface area (TPSA) is 54.0 Å². The Kier molecular flexibility index (Phi) is 8.36. The van der Waals surface area contributed by atoms with Crippen LogP contribution in [0, 0.1) is 5.92 Å². The minimum Gasteiger partial charge on any atom is -0.291 e. The van der Waals surface area contributed by atoms with Crippen LogP contribution in [0.4, 0.5) is 0 Å². The number of amides is 1. The molecule has 0 unspecified atom stereocenters. The summed E-state index contributed by atoms with van der Waals surface area (Å²) in [4.78, 5) is 15.3. The molecule has 0 atom stereocenters. The molecule has 0 aromatic carbocycles. The lowest BCUT2D eigenvalue weighted by molar-refractivity contribution is -0.122. The van der Waals surface area contributed by atoms with E-state index in [0.29, 0.717) is 18.9 Å². The van der Waals surface area contributed by atoms with Crippen molar-refractivity contribution in [3.05, 3.63) is 30.1 Å². The Morgan fingerprint density at radius 1 is 1.47 bits per heavy atom. The fourth-order valence-electron chi connectivity index (χ4n) is 1.23. The van der Waals surface area contributed by atoms with Gasteiger partial charge in [0.2, 0.25) is 5.91 Å². The Morgan fingerprint density at radius 3 is 2.82 bits per heavy atom. The van der Waals surface area contributed by atoms with Crippen LogP contribution in [-0.2, 0) is 11.3 Å². The minimum atomic E-state index is 0.